The van der Waals surface area contributed by atoms with Crippen LogP contribution in [0.15, 0.2) is 24.3 Å². The molecular weight excluding hydrogens is 390 g/mol. The second-order valence-electron chi connectivity index (χ2n) is 7.03. The molecule has 27 heavy (non-hydrogen) atoms. The van der Waals surface area contributed by atoms with Crippen LogP contribution in [0.25, 0.3) is 0 Å². The minimum atomic E-state index is -3.43. The number of sulfonamides is 1. The predicted molar refractivity (Wildman–Crippen MR) is 103 cm³/mol. The van der Waals surface area contributed by atoms with Crippen LogP contribution in [0, 0.1) is 5.92 Å². The monoisotopic (exact) mass is 413 g/mol. The summed E-state index contributed by atoms with van der Waals surface area (Å²) in [6.45, 7) is 2.92. The molecule has 0 N–H and O–H groups in total. The summed E-state index contributed by atoms with van der Waals surface area (Å²) in [7, 11) is -3.43. The number of halogens is 1. The lowest BCUT2D eigenvalue weighted by molar-refractivity contribution is -0.140. The molecule has 1 aromatic carbocycles. The number of rotatable bonds is 5. The summed E-state index contributed by atoms with van der Waals surface area (Å²) in [4.78, 5) is 26.9. The van der Waals surface area contributed by atoms with E-state index in [4.69, 9.17) is 11.6 Å². The first-order valence-corrected chi connectivity index (χ1v) is 11.1. The van der Waals surface area contributed by atoms with Crippen molar-refractivity contribution in [3.63, 3.8) is 0 Å². The normalized spacial score (nSPS) is 19.9. The Morgan fingerprint density at radius 1 is 1.11 bits per heavy atom. The van der Waals surface area contributed by atoms with E-state index in [1.54, 1.807) is 34.1 Å². The first kappa shape index (κ1) is 20.1. The van der Waals surface area contributed by atoms with Crippen LogP contribution in [0.2, 0.25) is 5.02 Å². The third-order valence-electron chi connectivity index (χ3n) is 5.21. The standard InChI is InChI=1S/C18H24ClN3O4S/c19-17-3-1-2-15(12-17)13-27(25,26)22-6-4-16(5-7-22)18(24)21-10-8-20(14-23)9-11-21/h1-3,12,14,16H,4-11,13H2. The van der Waals surface area contributed by atoms with Crippen molar-refractivity contribution in [2.45, 2.75) is 18.6 Å². The minimum absolute atomic E-state index is 0.0763. The third-order valence-corrected chi connectivity index (χ3v) is 7.29. The van der Waals surface area contributed by atoms with Gasteiger partial charge in [0.15, 0.2) is 0 Å². The highest BCUT2D eigenvalue weighted by Crippen LogP contribution is 2.24. The van der Waals surface area contributed by atoms with Crippen LogP contribution >= 0.6 is 11.6 Å². The minimum Gasteiger partial charge on any atom is -0.342 e. The smallest absolute Gasteiger partial charge is 0.225 e. The average Bonchev–Trinajstić information content (AvgIpc) is 2.67. The topological polar surface area (TPSA) is 78.0 Å². The van der Waals surface area contributed by atoms with Crippen molar-refractivity contribution < 1.29 is 18.0 Å². The van der Waals surface area contributed by atoms with Gasteiger partial charge in [0.05, 0.1) is 5.75 Å². The maximum Gasteiger partial charge on any atom is 0.225 e. The third kappa shape index (κ3) is 5.00. The SMILES string of the molecule is O=CN1CCN(C(=O)C2CCN(S(=O)(=O)Cc3cccc(Cl)c3)CC2)CC1. The maximum absolute atomic E-state index is 12.7. The molecule has 0 aromatic heterocycles. The van der Waals surface area contributed by atoms with Crippen molar-refractivity contribution >= 4 is 33.9 Å². The zero-order valence-electron chi connectivity index (χ0n) is 15.1. The van der Waals surface area contributed by atoms with Crippen LogP contribution in [0.1, 0.15) is 18.4 Å². The summed E-state index contributed by atoms with van der Waals surface area (Å²) in [5.74, 6) is -0.155. The number of carbonyl (C=O) groups is 2. The van der Waals surface area contributed by atoms with Gasteiger partial charge in [0.25, 0.3) is 0 Å². The Balaban J connectivity index is 1.53. The summed E-state index contributed by atoms with van der Waals surface area (Å²) in [6, 6.07) is 6.86. The van der Waals surface area contributed by atoms with Crippen molar-refractivity contribution in [1.29, 1.82) is 0 Å². The number of benzene rings is 1. The van der Waals surface area contributed by atoms with Gasteiger partial charge in [-0.15, -0.1) is 0 Å². The molecule has 0 saturated carbocycles. The molecule has 3 rings (SSSR count). The number of hydrogen-bond acceptors (Lipinski definition) is 4. The van der Waals surface area contributed by atoms with Gasteiger partial charge in [-0.05, 0) is 30.5 Å². The number of carbonyl (C=O) groups excluding carboxylic acids is 2. The Labute approximate surface area is 164 Å². The van der Waals surface area contributed by atoms with Gasteiger partial charge in [0, 0.05) is 50.2 Å². The average molecular weight is 414 g/mol. The summed E-state index contributed by atoms with van der Waals surface area (Å²) >= 11 is 5.93. The Morgan fingerprint density at radius 3 is 2.37 bits per heavy atom. The van der Waals surface area contributed by atoms with Crippen molar-refractivity contribution in [1.82, 2.24) is 14.1 Å². The highest BCUT2D eigenvalue weighted by atomic mass is 35.5. The second-order valence-corrected chi connectivity index (χ2v) is 9.43. The van der Waals surface area contributed by atoms with E-state index < -0.39 is 10.0 Å². The lowest BCUT2D eigenvalue weighted by atomic mass is 9.96. The first-order chi connectivity index (χ1) is 12.9. The fraction of sp³-hybridized carbons (Fsp3) is 0.556. The molecule has 0 bridgehead atoms. The molecule has 2 aliphatic rings. The Morgan fingerprint density at radius 2 is 1.78 bits per heavy atom. The molecule has 0 unspecified atom stereocenters. The summed E-state index contributed by atoms with van der Waals surface area (Å²) in [6.07, 6.45) is 1.87. The van der Waals surface area contributed by atoms with Gasteiger partial charge in [-0.3, -0.25) is 9.59 Å². The lowest BCUT2D eigenvalue weighted by Gasteiger charge is -2.37. The van der Waals surface area contributed by atoms with Crippen molar-refractivity contribution in [2.24, 2.45) is 5.92 Å². The number of nitrogens with zero attached hydrogens (tertiary/aromatic N) is 3. The molecule has 0 aliphatic carbocycles. The summed E-state index contributed by atoms with van der Waals surface area (Å²) < 4.78 is 26.8. The summed E-state index contributed by atoms with van der Waals surface area (Å²) in [5.41, 5.74) is 0.661. The van der Waals surface area contributed by atoms with E-state index in [1.807, 2.05) is 0 Å². The van der Waals surface area contributed by atoms with Crippen molar-refractivity contribution in [3.05, 3.63) is 34.9 Å². The molecular formula is C18H24ClN3O4S. The largest absolute Gasteiger partial charge is 0.342 e. The van der Waals surface area contributed by atoms with E-state index in [9.17, 15) is 18.0 Å². The zero-order chi connectivity index (χ0) is 19.4. The van der Waals surface area contributed by atoms with E-state index in [0.29, 0.717) is 62.7 Å². The van der Waals surface area contributed by atoms with Crippen LogP contribution in [-0.4, -0.2) is 74.1 Å². The maximum atomic E-state index is 12.7. The second kappa shape index (κ2) is 8.58. The van der Waals surface area contributed by atoms with Gasteiger partial charge in [-0.1, -0.05) is 23.7 Å². The number of hydrogen-bond donors (Lipinski definition) is 0. The van der Waals surface area contributed by atoms with Crippen molar-refractivity contribution in [2.75, 3.05) is 39.3 Å². The molecule has 0 spiro atoms. The van der Waals surface area contributed by atoms with Crippen LogP contribution < -0.4 is 0 Å². The number of piperazine rings is 1. The molecule has 2 fully saturated rings. The predicted octanol–water partition coefficient (Wildman–Crippen LogP) is 1.18. The van der Waals surface area contributed by atoms with Gasteiger partial charge >= 0.3 is 0 Å². The van der Waals surface area contributed by atoms with Crippen LogP contribution in [0.4, 0.5) is 0 Å². The molecule has 0 radical (unpaired) electrons. The van der Waals surface area contributed by atoms with E-state index >= 15 is 0 Å². The number of piperidine rings is 1. The fourth-order valence-corrected chi connectivity index (χ4v) is 5.38. The van der Waals surface area contributed by atoms with E-state index in [-0.39, 0.29) is 17.6 Å². The van der Waals surface area contributed by atoms with E-state index in [1.165, 1.54) is 4.31 Å². The Kier molecular flexibility index (Phi) is 6.39. The molecule has 1 aromatic rings. The molecule has 7 nitrogen and oxygen atoms in total. The van der Waals surface area contributed by atoms with Crippen LogP contribution in [-0.2, 0) is 25.4 Å². The fourth-order valence-electron chi connectivity index (χ4n) is 3.62. The first-order valence-electron chi connectivity index (χ1n) is 9.09. The molecule has 0 atom stereocenters. The zero-order valence-corrected chi connectivity index (χ0v) is 16.7. The molecule has 2 amide bonds. The Hall–Kier alpha value is -1.64. The van der Waals surface area contributed by atoms with Crippen LogP contribution in [0.3, 0.4) is 0 Å². The van der Waals surface area contributed by atoms with Gasteiger partial charge in [0.2, 0.25) is 22.3 Å². The highest BCUT2D eigenvalue weighted by Gasteiger charge is 2.33. The molecule has 2 saturated heterocycles. The molecule has 2 heterocycles. The molecule has 9 heteroatoms. The van der Waals surface area contributed by atoms with Gasteiger partial charge < -0.3 is 9.80 Å². The van der Waals surface area contributed by atoms with E-state index in [2.05, 4.69) is 0 Å². The molecule has 148 valence electrons. The quantitative estimate of drug-likeness (QED) is 0.679. The van der Waals surface area contributed by atoms with Crippen molar-refractivity contribution in [3.8, 4) is 0 Å². The van der Waals surface area contributed by atoms with E-state index in [0.717, 1.165) is 6.41 Å². The summed E-state index contributed by atoms with van der Waals surface area (Å²) in [5, 5.41) is 0.515. The molecule has 2 aliphatic heterocycles. The van der Waals surface area contributed by atoms with Crippen LogP contribution in [0.5, 0.6) is 0 Å². The number of amides is 2. The lowest BCUT2D eigenvalue weighted by Crippen LogP contribution is -2.51. The highest BCUT2D eigenvalue weighted by molar-refractivity contribution is 7.88. The van der Waals surface area contributed by atoms with Gasteiger partial charge in [-0.25, -0.2) is 12.7 Å². The van der Waals surface area contributed by atoms with Gasteiger partial charge in [0.1, 0.15) is 0 Å². The Bertz CT molecular complexity index is 786. The van der Waals surface area contributed by atoms with Gasteiger partial charge in [-0.2, -0.15) is 0 Å².